The number of hydrazine groups is 1. The Morgan fingerprint density at radius 2 is 2.00 bits per heavy atom. The molecule has 2 rings (SSSR count). The van der Waals surface area contributed by atoms with E-state index in [0.29, 0.717) is 18.0 Å². The van der Waals surface area contributed by atoms with Crippen LogP contribution in [-0.4, -0.2) is 40.0 Å². The summed E-state index contributed by atoms with van der Waals surface area (Å²) in [6.07, 6.45) is 0.938. The lowest BCUT2D eigenvalue weighted by Crippen LogP contribution is -2.64. The smallest absolute Gasteiger partial charge is 0.214 e. The predicted octanol–water partition coefficient (Wildman–Crippen LogP) is -0.372. The molecular formula is C7H12N4O4-2. The third-order valence-electron chi connectivity index (χ3n) is 3.11. The predicted molar refractivity (Wildman–Crippen MR) is 50.6 cm³/mol. The Labute approximate surface area is 86.1 Å². The normalized spacial score (nSPS) is 38.7. The van der Waals surface area contributed by atoms with E-state index in [9.17, 15) is 20.5 Å². The Morgan fingerprint density at radius 1 is 1.27 bits per heavy atom. The minimum atomic E-state index is -0.698. The zero-order valence-electron chi connectivity index (χ0n) is 8.04. The van der Waals surface area contributed by atoms with Crippen LogP contribution in [0.25, 0.3) is 0 Å². The second-order valence-electron chi connectivity index (χ2n) is 3.95. The van der Waals surface area contributed by atoms with Crippen molar-refractivity contribution in [3.63, 3.8) is 0 Å². The van der Waals surface area contributed by atoms with Gasteiger partial charge in [-0.25, -0.2) is 0 Å². The van der Waals surface area contributed by atoms with E-state index < -0.39 is 18.1 Å². The first-order chi connectivity index (χ1) is 7.09. The van der Waals surface area contributed by atoms with Gasteiger partial charge < -0.3 is 20.6 Å². The van der Waals surface area contributed by atoms with Crippen LogP contribution >= 0.6 is 0 Å². The summed E-state index contributed by atoms with van der Waals surface area (Å²) >= 11 is 0. The van der Waals surface area contributed by atoms with Crippen LogP contribution in [0, 0.1) is 20.5 Å². The largest absolute Gasteiger partial charge is 0.784 e. The molecule has 8 heteroatoms. The van der Waals surface area contributed by atoms with Gasteiger partial charge in [0.2, 0.25) is 6.04 Å². The van der Waals surface area contributed by atoms with Crippen LogP contribution in [0.5, 0.6) is 0 Å². The fourth-order valence-electron chi connectivity index (χ4n) is 2.26. The van der Waals surface area contributed by atoms with E-state index in [1.54, 1.807) is 0 Å². The molecule has 1 saturated carbocycles. The molecule has 3 atom stereocenters. The van der Waals surface area contributed by atoms with Crippen molar-refractivity contribution < 1.29 is 4.92 Å². The molecule has 1 aliphatic carbocycles. The number of hydrogen-bond acceptors (Lipinski definition) is 7. The summed E-state index contributed by atoms with van der Waals surface area (Å²) in [7, 11) is 0. The van der Waals surface area contributed by atoms with E-state index in [2.05, 4.69) is 5.43 Å². The molecule has 0 radical (unpaired) electrons. The molecule has 0 bridgehead atoms. The standard InChI is InChI=1S/C7H12N4O4/c12-9-4-8-10(13)7-3-5(11(14)15)1-2-6(7)9/h5-8H,1-4H2/q-2. The average molecular weight is 216 g/mol. The van der Waals surface area contributed by atoms with Crippen LogP contribution in [0.1, 0.15) is 19.3 Å². The fourth-order valence-corrected chi connectivity index (χ4v) is 2.26. The van der Waals surface area contributed by atoms with Gasteiger partial charge in [0.25, 0.3) is 0 Å². The molecule has 15 heavy (non-hydrogen) atoms. The average Bonchev–Trinajstić information content (AvgIpc) is 2.23. The van der Waals surface area contributed by atoms with E-state index in [4.69, 9.17) is 0 Å². The molecule has 0 amide bonds. The van der Waals surface area contributed by atoms with E-state index in [0.717, 1.165) is 5.06 Å². The van der Waals surface area contributed by atoms with Crippen molar-refractivity contribution in [2.45, 2.75) is 37.4 Å². The van der Waals surface area contributed by atoms with Gasteiger partial charge in [-0.05, 0) is 6.42 Å². The summed E-state index contributed by atoms with van der Waals surface area (Å²) < 4.78 is 0. The molecule has 1 saturated heterocycles. The maximum absolute atomic E-state index is 11.4. The Morgan fingerprint density at radius 3 is 2.67 bits per heavy atom. The first-order valence-electron chi connectivity index (χ1n) is 4.86. The summed E-state index contributed by atoms with van der Waals surface area (Å²) in [5, 5.41) is 34.7. The Kier molecular flexibility index (Phi) is 2.85. The van der Waals surface area contributed by atoms with Gasteiger partial charge in [-0.3, -0.25) is 15.5 Å². The van der Waals surface area contributed by atoms with Gasteiger partial charge in [-0.15, -0.1) is 0 Å². The number of hydroxylamine groups is 3. The van der Waals surface area contributed by atoms with Crippen molar-refractivity contribution in [3.8, 4) is 0 Å². The molecule has 0 aromatic rings. The third kappa shape index (κ3) is 1.94. The lowest BCUT2D eigenvalue weighted by Gasteiger charge is -2.56. The van der Waals surface area contributed by atoms with Crippen LogP contribution in [0.3, 0.4) is 0 Å². The maximum atomic E-state index is 11.4. The molecule has 1 heterocycles. The zero-order valence-corrected chi connectivity index (χ0v) is 8.04. The number of nitrogens with zero attached hydrogens (tertiary/aromatic N) is 3. The van der Waals surface area contributed by atoms with Crippen molar-refractivity contribution >= 4 is 0 Å². The molecule has 0 spiro atoms. The van der Waals surface area contributed by atoms with Crippen LogP contribution in [0.2, 0.25) is 0 Å². The molecule has 0 aromatic carbocycles. The Bertz CT molecular complexity index is 263. The molecule has 1 aliphatic heterocycles. The third-order valence-corrected chi connectivity index (χ3v) is 3.11. The maximum Gasteiger partial charge on any atom is 0.214 e. The van der Waals surface area contributed by atoms with Crippen LogP contribution < -0.4 is 5.43 Å². The molecule has 0 aromatic heterocycles. The molecular weight excluding hydrogens is 204 g/mol. The van der Waals surface area contributed by atoms with Crippen LogP contribution in [0.15, 0.2) is 0 Å². The zero-order chi connectivity index (χ0) is 11.0. The second kappa shape index (κ2) is 3.99. The summed E-state index contributed by atoms with van der Waals surface area (Å²) in [5.41, 5.74) is 2.36. The first kappa shape index (κ1) is 10.7. The Balaban J connectivity index is 2.06. The minimum absolute atomic E-state index is 0.0339. The van der Waals surface area contributed by atoms with Crippen molar-refractivity contribution in [1.82, 2.24) is 15.7 Å². The fraction of sp³-hybridized carbons (Fsp3) is 1.00. The first-order valence-corrected chi connectivity index (χ1v) is 4.86. The Hall–Kier alpha value is -0.800. The van der Waals surface area contributed by atoms with E-state index in [1.807, 2.05) is 0 Å². The number of nitrogens with one attached hydrogen (secondary N) is 1. The van der Waals surface area contributed by atoms with Crippen molar-refractivity contribution in [3.05, 3.63) is 20.5 Å². The van der Waals surface area contributed by atoms with Gasteiger partial charge in [-0.1, -0.05) is 0 Å². The lowest BCUT2D eigenvalue weighted by molar-refractivity contribution is -0.528. The second-order valence-corrected chi connectivity index (χ2v) is 3.95. The summed E-state index contributed by atoms with van der Waals surface area (Å²) in [6.45, 7) is -0.0339. The summed E-state index contributed by atoms with van der Waals surface area (Å²) in [4.78, 5) is 10.2. The van der Waals surface area contributed by atoms with Crippen LogP contribution in [0.4, 0.5) is 0 Å². The highest BCUT2D eigenvalue weighted by Crippen LogP contribution is 2.29. The van der Waals surface area contributed by atoms with Crippen LogP contribution in [-0.2, 0) is 0 Å². The van der Waals surface area contributed by atoms with Gasteiger partial charge in [-0.2, -0.15) is 0 Å². The van der Waals surface area contributed by atoms with Crippen molar-refractivity contribution in [1.29, 1.82) is 0 Å². The lowest BCUT2D eigenvalue weighted by atomic mass is 9.86. The molecule has 1 N–H and O–H groups in total. The highest BCUT2D eigenvalue weighted by atomic mass is 16.6. The van der Waals surface area contributed by atoms with Gasteiger partial charge in [0, 0.05) is 36.5 Å². The van der Waals surface area contributed by atoms with Gasteiger partial charge >= 0.3 is 0 Å². The molecule has 86 valence electrons. The molecule has 2 fully saturated rings. The highest BCUT2D eigenvalue weighted by Gasteiger charge is 2.39. The number of nitro groups is 1. The topological polar surface area (TPSA) is 108 Å². The van der Waals surface area contributed by atoms with E-state index >= 15 is 0 Å². The van der Waals surface area contributed by atoms with Gasteiger partial charge in [0.05, 0.1) is 0 Å². The summed E-state index contributed by atoms with van der Waals surface area (Å²) in [5.74, 6) is 0. The number of hydrogen-bond donors (Lipinski definition) is 1. The minimum Gasteiger partial charge on any atom is -0.784 e. The van der Waals surface area contributed by atoms with E-state index in [-0.39, 0.29) is 18.0 Å². The molecule has 3 unspecified atom stereocenters. The molecule has 2 aliphatic rings. The van der Waals surface area contributed by atoms with Gasteiger partial charge in [0.15, 0.2) is 0 Å². The SMILES string of the molecule is O=[N+]([O-])C1CCC2C(C1)N([O-])NCN2[O-]. The van der Waals surface area contributed by atoms with E-state index in [1.165, 1.54) is 0 Å². The van der Waals surface area contributed by atoms with Gasteiger partial charge in [0.1, 0.15) is 0 Å². The monoisotopic (exact) mass is 216 g/mol. The van der Waals surface area contributed by atoms with Crippen molar-refractivity contribution in [2.24, 2.45) is 0 Å². The number of rotatable bonds is 1. The van der Waals surface area contributed by atoms with Crippen molar-refractivity contribution in [2.75, 3.05) is 6.67 Å². The summed E-state index contributed by atoms with van der Waals surface area (Å²) in [6, 6.07) is -1.70. The highest BCUT2D eigenvalue weighted by molar-refractivity contribution is 4.94. The quantitative estimate of drug-likeness (QED) is 0.470. The number of fused-ring (bicyclic) bond motifs is 1. The molecule has 8 nitrogen and oxygen atoms in total.